The molecular formula is C15H20FNOS. The van der Waals surface area contributed by atoms with Gasteiger partial charge in [0, 0.05) is 16.7 Å². The van der Waals surface area contributed by atoms with Crippen LogP contribution in [0.1, 0.15) is 19.8 Å². The third-order valence-electron chi connectivity index (χ3n) is 3.07. The van der Waals surface area contributed by atoms with E-state index in [-0.39, 0.29) is 5.82 Å². The summed E-state index contributed by atoms with van der Waals surface area (Å²) in [6.45, 7) is 3.84. The molecule has 1 aromatic rings. The standard InChI is InChI=1S/C15H20FNOS/c1-2-17-15(12-5-4-8-18-10-12)11-19-14-7-3-6-13(16)9-14/h3,6-7,9-10,15,17H,2,4-5,8,11H2,1H3. The molecule has 19 heavy (non-hydrogen) atoms. The predicted octanol–water partition coefficient (Wildman–Crippen LogP) is 3.59. The second-order valence-corrected chi connectivity index (χ2v) is 5.64. The summed E-state index contributed by atoms with van der Waals surface area (Å²) in [6, 6.07) is 7.06. The molecular weight excluding hydrogens is 261 g/mol. The van der Waals surface area contributed by atoms with Crippen LogP contribution in [0.3, 0.4) is 0 Å². The normalized spacial score (nSPS) is 16.6. The highest BCUT2D eigenvalue weighted by Crippen LogP contribution is 2.24. The van der Waals surface area contributed by atoms with Gasteiger partial charge in [-0.1, -0.05) is 13.0 Å². The van der Waals surface area contributed by atoms with Gasteiger partial charge in [-0.05, 0) is 43.2 Å². The third kappa shape index (κ3) is 4.55. The van der Waals surface area contributed by atoms with E-state index in [0.29, 0.717) is 6.04 Å². The Hall–Kier alpha value is -1.00. The molecule has 0 amide bonds. The highest BCUT2D eigenvalue weighted by Gasteiger charge is 2.16. The molecule has 1 heterocycles. The van der Waals surface area contributed by atoms with E-state index in [1.165, 1.54) is 11.6 Å². The van der Waals surface area contributed by atoms with Crippen LogP contribution in [0.4, 0.5) is 4.39 Å². The van der Waals surface area contributed by atoms with E-state index in [0.717, 1.165) is 36.6 Å². The molecule has 2 nitrogen and oxygen atoms in total. The highest BCUT2D eigenvalue weighted by molar-refractivity contribution is 7.99. The van der Waals surface area contributed by atoms with Gasteiger partial charge < -0.3 is 10.1 Å². The number of benzene rings is 1. The zero-order valence-electron chi connectivity index (χ0n) is 11.2. The maximum absolute atomic E-state index is 13.1. The molecule has 1 aliphatic heterocycles. The second-order valence-electron chi connectivity index (χ2n) is 4.55. The van der Waals surface area contributed by atoms with Crippen molar-refractivity contribution in [1.82, 2.24) is 5.32 Å². The van der Waals surface area contributed by atoms with Crippen LogP contribution in [0, 0.1) is 5.82 Å². The Morgan fingerprint density at radius 3 is 3.05 bits per heavy atom. The van der Waals surface area contributed by atoms with E-state index in [1.54, 1.807) is 23.9 Å². The number of likely N-dealkylation sites (N-methyl/N-ethyl adjacent to an activating group) is 1. The molecule has 4 heteroatoms. The van der Waals surface area contributed by atoms with Gasteiger partial charge in [-0.15, -0.1) is 11.8 Å². The molecule has 0 aliphatic carbocycles. The lowest BCUT2D eigenvalue weighted by molar-refractivity contribution is 0.220. The van der Waals surface area contributed by atoms with E-state index >= 15 is 0 Å². The van der Waals surface area contributed by atoms with Crippen LogP contribution in [-0.4, -0.2) is 24.9 Å². The fraction of sp³-hybridized carbons (Fsp3) is 0.467. The van der Waals surface area contributed by atoms with Crippen LogP contribution in [0.2, 0.25) is 0 Å². The number of ether oxygens (including phenoxy) is 1. The van der Waals surface area contributed by atoms with Crippen molar-refractivity contribution in [3.8, 4) is 0 Å². The topological polar surface area (TPSA) is 21.3 Å². The van der Waals surface area contributed by atoms with Gasteiger partial charge in [0.15, 0.2) is 0 Å². The fourth-order valence-corrected chi connectivity index (χ4v) is 3.18. The van der Waals surface area contributed by atoms with Crippen LogP contribution >= 0.6 is 11.8 Å². The number of rotatable bonds is 6. The molecule has 104 valence electrons. The molecule has 0 aromatic heterocycles. The number of halogens is 1. The van der Waals surface area contributed by atoms with Crippen molar-refractivity contribution in [1.29, 1.82) is 0 Å². The predicted molar refractivity (Wildman–Crippen MR) is 77.9 cm³/mol. The Labute approximate surface area is 118 Å². The first-order valence-corrected chi connectivity index (χ1v) is 7.70. The largest absolute Gasteiger partial charge is 0.501 e. The van der Waals surface area contributed by atoms with Gasteiger partial charge in [-0.2, -0.15) is 0 Å². The Morgan fingerprint density at radius 1 is 1.47 bits per heavy atom. The monoisotopic (exact) mass is 281 g/mol. The Kier molecular flexibility index (Phi) is 5.73. The lowest BCUT2D eigenvalue weighted by Crippen LogP contribution is -2.34. The van der Waals surface area contributed by atoms with Crippen molar-refractivity contribution in [2.24, 2.45) is 0 Å². The van der Waals surface area contributed by atoms with E-state index in [2.05, 4.69) is 12.2 Å². The third-order valence-corrected chi connectivity index (χ3v) is 4.16. The van der Waals surface area contributed by atoms with Crippen LogP contribution in [-0.2, 0) is 4.74 Å². The van der Waals surface area contributed by atoms with Gasteiger partial charge in [0.25, 0.3) is 0 Å². The van der Waals surface area contributed by atoms with Crippen molar-refractivity contribution in [3.05, 3.63) is 41.9 Å². The van der Waals surface area contributed by atoms with E-state index in [9.17, 15) is 4.39 Å². The minimum atomic E-state index is -0.176. The maximum atomic E-state index is 13.1. The number of nitrogens with one attached hydrogen (secondary N) is 1. The van der Waals surface area contributed by atoms with Crippen LogP contribution in [0.15, 0.2) is 41.0 Å². The summed E-state index contributed by atoms with van der Waals surface area (Å²) in [6.07, 6.45) is 4.06. The van der Waals surface area contributed by atoms with E-state index < -0.39 is 0 Å². The summed E-state index contributed by atoms with van der Waals surface area (Å²) in [5.41, 5.74) is 1.32. The van der Waals surface area contributed by atoms with Crippen molar-refractivity contribution in [3.63, 3.8) is 0 Å². The van der Waals surface area contributed by atoms with Crippen molar-refractivity contribution >= 4 is 11.8 Å². The molecule has 1 atom stereocenters. The molecule has 0 spiro atoms. The van der Waals surface area contributed by atoms with Crippen molar-refractivity contribution < 1.29 is 9.13 Å². The summed E-state index contributed by atoms with van der Waals surface area (Å²) >= 11 is 1.68. The summed E-state index contributed by atoms with van der Waals surface area (Å²) in [5, 5.41) is 3.47. The van der Waals surface area contributed by atoms with Gasteiger partial charge in [0.05, 0.1) is 12.9 Å². The van der Waals surface area contributed by atoms with Crippen LogP contribution < -0.4 is 5.32 Å². The molecule has 0 fully saturated rings. The second kappa shape index (κ2) is 7.56. The summed E-state index contributed by atoms with van der Waals surface area (Å²) < 4.78 is 18.5. The fourth-order valence-electron chi connectivity index (χ4n) is 2.12. The van der Waals surface area contributed by atoms with E-state index in [1.807, 2.05) is 12.3 Å². The summed E-state index contributed by atoms with van der Waals surface area (Å²) in [5.74, 6) is 0.720. The lowest BCUT2D eigenvalue weighted by atomic mass is 10.0. The number of hydrogen-bond acceptors (Lipinski definition) is 3. The maximum Gasteiger partial charge on any atom is 0.124 e. The quantitative estimate of drug-likeness (QED) is 0.805. The molecule has 1 aliphatic rings. The van der Waals surface area contributed by atoms with Gasteiger partial charge in [0.1, 0.15) is 5.82 Å². The molecule has 1 aromatic carbocycles. The molecule has 0 saturated heterocycles. The van der Waals surface area contributed by atoms with Gasteiger partial charge in [-0.3, -0.25) is 0 Å². The molecule has 0 radical (unpaired) electrons. The smallest absolute Gasteiger partial charge is 0.124 e. The van der Waals surface area contributed by atoms with E-state index in [4.69, 9.17) is 4.74 Å². The lowest BCUT2D eigenvalue weighted by Gasteiger charge is -2.23. The minimum absolute atomic E-state index is 0.176. The first-order valence-electron chi connectivity index (χ1n) is 6.72. The Balaban J connectivity index is 1.95. The average molecular weight is 281 g/mol. The first-order chi connectivity index (χ1) is 9.29. The molecule has 0 saturated carbocycles. The first kappa shape index (κ1) is 14.4. The molecule has 1 N–H and O–H groups in total. The molecule has 1 unspecified atom stereocenters. The molecule has 2 rings (SSSR count). The SMILES string of the molecule is CCNC(CSc1cccc(F)c1)C1=COCCC1. The van der Waals surface area contributed by atoms with Gasteiger partial charge in [0.2, 0.25) is 0 Å². The van der Waals surface area contributed by atoms with Crippen LogP contribution in [0.5, 0.6) is 0 Å². The summed E-state index contributed by atoms with van der Waals surface area (Å²) in [4.78, 5) is 0.972. The zero-order chi connectivity index (χ0) is 13.5. The molecule has 0 bridgehead atoms. The van der Waals surface area contributed by atoms with Gasteiger partial charge >= 0.3 is 0 Å². The summed E-state index contributed by atoms with van der Waals surface area (Å²) in [7, 11) is 0. The van der Waals surface area contributed by atoms with Crippen LogP contribution in [0.25, 0.3) is 0 Å². The number of hydrogen-bond donors (Lipinski definition) is 1. The van der Waals surface area contributed by atoms with Crippen molar-refractivity contribution in [2.45, 2.75) is 30.7 Å². The number of thioether (sulfide) groups is 1. The Morgan fingerprint density at radius 2 is 2.37 bits per heavy atom. The van der Waals surface area contributed by atoms with Crippen molar-refractivity contribution in [2.75, 3.05) is 18.9 Å². The minimum Gasteiger partial charge on any atom is -0.501 e. The highest BCUT2D eigenvalue weighted by atomic mass is 32.2. The van der Waals surface area contributed by atoms with Gasteiger partial charge in [-0.25, -0.2) is 4.39 Å². The Bertz CT molecular complexity index is 436. The average Bonchev–Trinajstić information content (AvgIpc) is 2.44. The zero-order valence-corrected chi connectivity index (χ0v) is 12.0.